The zero-order valence-electron chi connectivity index (χ0n) is 13.3. The summed E-state index contributed by atoms with van der Waals surface area (Å²) in [6.07, 6.45) is 5.78. The standard InChI is InChI=1S/C18H22N4O/c1-6-19-18(20-7-1)22-11-9-21(10-12-22)8-4-15-2-3-17-16(14-15)5-13-23-17/h1-3,6-7,14H,4-5,8-13H2. The minimum atomic E-state index is 0.836. The summed E-state index contributed by atoms with van der Waals surface area (Å²) in [6.45, 7) is 6.11. The van der Waals surface area contributed by atoms with Crippen LogP contribution in [0.1, 0.15) is 11.1 Å². The SMILES string of the molecule is c1cnc(N2CCN(CCc3ccc4c(c3)CCO4)CC2)nc1. The lowest BCUT2D eigenvalue weighted by molar-refractivity contribution is 0.259. The number of rotatable bonds is 4. The maximum Gasteiger partial charge on any atom is 0.225 e. The van der Waals surface area contributed by atoms with Crippen molar-refractivity contribution in [3.8, 4) is 5.75 Å². The van der Waals surface area contributed by atoms with E-state index in [1.165, 1.54) is 11.1 Å². The van der Waals surface area contributed by atoms with E-state index >= 15 is 0 Å². The minimum absolute atomic E-state index is 0.836. The Morgan fingerprint density at radius 3 is 2.70 bits per heavy atom. The van der Waals surface area contributed by atoms with Crippen LogP contribution in [-0.2, 0) is 12.8 Å². The number of piperazine rings is 1. The van der Waals surface area contributed by atoms with Crippen LogP contribution in [0.25, 0.3) is 0 Å². The van der Waals surface area contributed by atoms with Crippen molar-refractivity contribution in [2.24, 2.45) is 0 Å². The third-order valence-corrected chi connectivity index (χ3v) is 4.68. The predicted octanol–water partition coefficient (Wildman–Crippen LogP) is 1.78. The molecule has 0 aliphatic carbocycles. The van der Waals surface area contributed by atoms with E-state index in [4.69, 9.17) is 4.74 Å². The average molecular weight is 310 g/mol. The highest BCUT2D eigenvalue weighted by atomic mass is 16.5. The maximum absolute atomic E-state index is 5.57. The molecule has 1 aromatic carbocycles. The number of hydrogen-bond donors (Lipinski definition) is 0. The van der Waals surface area contributed by atoms with Gasteiger partial charge in [0.05, 0.1) is 6.61 Å². The van der Waals surface area contributed by atoms with Gasteiger partial charge in [-0.3, -0.25) is 4.90 Å². The summed E-state index contributed by atoms with van der Waals surface area (Å²) in [4.78, 5) is 13.5. The van der Waals surface area contributed by atoms with Crippen molar-refractivity contribution < 1.29 is 4.74 Å². The molecule has 0 amide bonds. The second-order valence-corrected chi connectivity index (χ2v) is 6.17. The minimum Gasteiger partial charge on any atom is -0.493 e. The van der Waals surface area contributed by atoms with Crippen molar-refractivity contribution in [2.45, 2.75) is 12.8 Å². The Hall–Kier alpha value is -2.14. The van der Waals surface area contributed by atoms with Gasteiger partial charge in [-0.2, -0.15) is 0 Å². The Kier molecular flexibility index (Phi) is 4.11. The Labute approximate surface area is 136 Å². The van der Waals surface area contributed by atoms with E-state index in [1.807, 2.05) is 18.5 Å². The summed E-state index contributed by atoms with van der Waals surface area (Å²) in [5.74, 6) is 1.93. The lowest BCUT2D eigenvalue weighted by Crippen LogP contribution is -2.47. The van der Waals surface area contributed by atoms with Crippen LogP contribution in [0.5, 0.6) is 5.75 Å². The fourth-order valence-electron chi connectivity index (χ4n) is 3.31. The molecule has 0 radical (unpaired) electrons. The molecular weight excluding hydrogens is 288 g/mol. The summed E-state index contributed by atoms with van der Waals surface area (Å²) in [6, 6.07) is 8.51. The molecule has 0 bridgehead atoms. The van der Waals surface area contributed by atoms with Gasteiger partial charge in [-0.25, -0.2) is 9.97 Å². The van der Waals surface area contributed by atoms with Gasteiger partial charge in [0.2, 0.25) is 5.95 Å². The van der Waals surface area contributed by atoms with Crippen molar-refractivity contribution in [1.82, 2.24) is 14.9 Å². The van der Waals surface area contributed by atoms with Crippen molar-refractivity contribution in [3.05, 3.63) is 47.8 Å². The first kappa shape index (κ1) is 14.5. The van der Waals surface area contributed by atoms with Crippen molar-refractivity contribution >= 4 is 5.95 Å². The number of ether oxygens (including phenoxy) is 1. The van der Waals surface area contributed by atoms with Crippen molar-refractivity contribution in [1.29, 1.82) is 0 Å². The number of nitrogens with zero attached hydrogens (tertiary/aromatic N) is 4. The summed E-state index contributed by atoms with van der Waals surface area (Å²) in [5, 5.41) is 0. The fraction of sp³-hybridized carbons (Fsp3) is 0.444. The highest BCUT2D eigenvalue weighted by Gasteiger charge is 2.18. The molecule has 1 fully saturated rings. The predicted molar refractivity (Wildman–Crippen MR) is 90.0 cm³/mol. The molecule has 2 aliphatic rings. The van der Waals surface area contributed by atoms with E-state index < -0.39 is 0 Å². The van der Waals surface area contributed by atoms with Crippen molar-refractivity contribution in [2.75, 3.05) is 44.2 Å². The van der Waals surface area contributed by atoms with Crippen LogP contribution < -0.4 is 9.64 Å². The van der Waals surface area contributed by atoms with E-state index in [1.54, 1.807) is 0 Å². The average Bonchev–Trinajstić information content (AvgIpc) is 3.09. The number of benzene rings is 1. The summed E-state index contributed by atoms with van der Waals surface area (Å²) >= 11 is 0. The van der Waals surface area contributed by atoms with Crippen LogP contribution >= 0.6 is 0 Å². The lowest BCUT2D eigenvalue weighted by Gasteiger charge is -2.34. The van der Waals surface area contributed by atoms with Gasteiger partial charge in [0.15, 0.2) is 0 Å². The summed E-state index contributed by atoms with van der Waals surface area (Å²) in [5.41, 5.74) is 2.79. The Morgan fingerprint density at radius 2 is 1.87 bits per heavy atom. The van der Waals surface area contributed by atoms with Crippen LogP contribution in [0.3, 0.4) is 0 Å². The first-order valence-corrected chi connectivity index (χ1v) is 8.37. The topological polar surface area (TPSA) is 41.5 Å². The van der Waals surface area contributed by atoms with E-state index in [0.29, 0.717) is 0 Å². The van der Waals surface area contributed by atoms with Gasteiger partial charge >= 0.3 is 0 Å². The lowest BCUT2D eigenvalue weighted by atomic mass is 10.1. The molecule has 0 saturated carbocycles. The van der Waals surface area contributed by atoms with Crippen LogP contribution in [0.2, 0.25) is 0 Å². The first-order valence-electron chi connectivity index (χ1n) is 8.37. The second-order valence-electron chi connectivity index (χ2n) is 6.17. The van der Waals surface area contributed by atoms with Gasteiger partial charge in [-0.1, -0.05) is 12.1 Å². The highest BCUT2D eigenvalue weighted by Crippen LogP contribution is 2.26. The molecule has 5 nitrogen and oxygen atoms in total. The molecule has 23 heavy (non-hydrogen) atoms. The summed E-state index contributed by atoms with van der Waals surface area (Å²) in [7, 11) is 0. The zero-order valence-corrected chi connectivity index (χ0v) is 13.3. The van der Waals surface area contributed by atoms with Gasteiger partial charge in [0, 0.05) is 51.5 Å². The van der Waals surface area contributed by atoms with E-state index in [0.717, 1.165) is 63.9 Å². The third-order valence-electron chi connectivity index (χ3n) is 4.68. The summed E-state index contributed by atoms with van der Waals surface area (Å²) < 4.78 is 5.57. The molecule has 4 rings (SSSR count). The third kappa shape index (κ3) is 3.29. The zero-order chi connectivity index (χ0) is 15.5. The normalized spacial score (nSPS) is 17.8. The van der Waals surface area contributed by atoms with Gasteiger partial charge in [0.1, 0.15) is 5.75 Å². The molecule has 0 spiro atoms. The van der Waals surface area contributed by atoms with Gasteiger partial charge < -0.3 is 9.64 Å². The van der Waals surface area contributed by atoms with E-state index in [9.17, 15) is 0 Å². The Bertz CT molecular complexity index is 653. The van der Waals surface area contributed by atoms with Crippen LogP contribution in [0, 0.1) is 0 Å². The molecule has 0 atom stereocenters. The molecule has 3 heterocycles. The van der Waals surface area contributed by atoms with E-state index in [2.05, 4.69) is 38.0 Å². The van der Waals surface area contributed by atoms with Crippen LogP contribution in [-0.4, -0.2) is 54.2 Å². The van der Waals surface area contributed by atoms with Crippen molar-refractivity contribution in [3.63, 3.8) is 0 Å². The Morgan fingerprint density at radius 1 is 1.04 bits per heavy atom. The van der Waals surface area contributed by atoms with E-state index in [-0.39, 0.29) is 0 Å². The smallest absolute Gasteiger partial charge is 0.225 e. The van der Waals surface area contributed by atoms with Gasteiger partial charge in [0.25, 0.3) is 0 Å². The molecule has 5 heteroatoms. The quantitative estimate of drug-likeness (QED) is 0.861. The molecule has 120 valence electrons. The molecule has 1 saturated heterocycles. The largest absolute Gasteiger partial charge is 0.493 e. The molecule has 1 aromatic heterocycles. The molecule has 0 unspecified atom stereocenters. The number of aromatic nitrogens is 2. The first-order chi connectivity index (χ1) is 11.4. The molecule has 2 aliphatic heterocycles. The van der Waals surface area contributed by atoms with Gasteiger partial charge in [-0.15, -0.1) is 0 Å². The number of fused-ring (bicyclic) bond motifs is 1. The highest BCUT2D eigenvalue weighted by molar-refractivity contribution is 5.39. The second kappa shape index (κ2) is 6.54. The fourth-order valence-corrected chi connectivity index (χ4v) is 3.31. The van der Waals surface area contributed by atoms with Crippen LogP contribution in [0.4, 0.5) is 5.95 Å². The number of anilines is 1. The molecule has 2 aromatic rings. The van der Waals surface area contributed by atoms with Crippen LogP contribution in [0.15, 0.2) is 36.7 Å². The molecule has 0 N–H and O–H groups in total. The maximum atomic E-state index is 5.57. The Balaban J connectivity index is 1.28. The number of hydrogen-bond acceptors (Lipinski definition) is 5. The molecular formula is C18H22N4O. The monoisotopic (exact) mass is 310 g/mol. The van der Waals surface area contributed by atoms with Gasteiger partial charge in [-0.05, 0) is 29.7 Å².